The summed E-state index contributed by atoms with van der Waals surface area (Å²) in [7, 11) is 0. The summed E-state index contributed by atoms with van der Waals surface area (Å²) in [6, 6.07) is 0. The molecule has 1 fully saturated rings. The summed E-state index contributed by atoms with van der Waals surface area (Å²) < 4.78 is 65.7. The number of carboxylic acid groups (broad SMARTS) is 1. The average Bonchev–Trinajstić information content (AvgIpc) is 2.35. The highest BCUT2D eigenvalue weighted by atomic mass is 19.4. The predicted molar refractivity (Wildman–Crippen MR) is 58.3 cm³/mol. The van der Waals surface area contributed by atoms with E-state index in [1.165, 1.54) is 6.08 Å². The molecule has 110 valence electrons. The summed E-state index contributed by atoms with van der Waals surface area (Å²) in [4.78, 5) is 13.5. The maximum Gasteiger partial charge on any atom is 0.431 e. The smallest absolute Gasteiger partial charge is 0.431 e. The van der Waals surface area contributed by atoms with Gasteiger partial charge in [0.1, 0.15) is 18.0 Å². The highest BCUT2D eigenvalue weighted by molar-refractivity contribution is 6.10. The molecule has 0 radical (unpaired) electrons. The number of carboxylic acids is 1. The summed E-state index contributed by atoms with van der Waals surface area (Å²) in [6.45, 7) is -1.04. The van der Waals surface area contributed by atoms with E-state index in [1.54, 1.807) is 0 Å². The maximum absolute atomic E-state index is 13.9. The normalized spacial score (nSPS) is 31.9. The van der Waals surface area contributed by atoms with Crippen molar-refractivity contribution in [1.82, 2.24) is 0 Å². The van der Waals surface area contributed by atoms with Crippen LogP contribution >= 0.6 is 0 Å². The third kappa shape index (κ3) is 2.06. The number of hydrogen-bond donors (Lipinski definition) is 2. The van der Waals surface area contributed by atoms with Crippen LogP contribution < -0.4 is 5.73 Å². The van der Waals surface area contributed by atoms with Crippen molar-refractivity contribution in [1.29, 1.82) is 0 Å². The Labute approximate surface area is 109 Å². The largest absolute Gasteiger partial charge is 0.480 e. The first kappa shape index (κ1) is 14.5. The molecule has 0 unspecified atom stereocenters. The van der Waals surface area contributed by atoms with Gasteiger partial charge in [0.15, 0.2) is 0 Å². The number of aliphatic carboxylic acids is 1. The molecule has 20 heavy (non-hydrogen) atoms. The van der Waals surface area contributed by atoms with Gasteiger partial charge in [0.05, 0.1) is 5.92 Å². The van der Waals surface area contributed by atoms with Crippen LogP contribution in [-0.4, -0.2) is 35.4 Å². The monoisotopic (exact) mass is 296 g/mol. The highest BCUT2D eigenvalue weighted by Gasteiger charge is 2.61. The number of rotatable bonds is 2. The number of nitrogens with zero attached hydrogens (tertiary/aromatic N) is 1. The molecule has 0 aromatic carbocycles. The summed E-state index contributed by atoms with van der Waals surface area (Å²) in [5.74, 6) is -7.81. The zero-order valence-corrected chi connectivity index (χ0v) is 9.79. The van der Waals surface area contributed by atoms with Gasteiger partial charge >= 0.3 is 12.1 Å². The van der Waals surface area contributed by atoms with Crippen LogP contribution in [0.5, 0.6) is 0 Å². The van der Waals surface area contributed by atoms with Crippen molar-refractivity contribution in [2.45, 2.75) is 12.1 Å². The molecule has 0 aliphatic heterocycles. The zero-order chi connectivity index (χ0) is 15.3. The lowest BCUT2D eigenvalue weighted by molar-refractivity contribution is -0.135. The third-order valence-corrected chi connectivity index (χ3v) is 3.20. The van der Waals surface area contributed by atoms with Gasteiger partial charge in [0.25, 0.3) is 5.92 Å². The van der Waals surface area contributed by atoms with Crippen LogP contribution in [0.1, 0.15) is 0 Å². The molecule has 2 atom stereocenters. The molecule has 3 N–H and O–H groups in total. The Balaban J connectivity index is 2.56. The molecule has 0 aromatic rings. The Bertz CT molecular complexity index is 548. The number of alkyl halides is 5. The molecular formula is C11H9F5N2O2. The van der Waals surface area contributed by atoms with Crippen LogP contribution in [0, 0.1) is 11.8 Å². The van der Waals surface area contributed by atoms with Gasteiger partial charge in [-0.2, -0.15) is 22.0 Å². The van der Waals surface area contributed by atoms with Crippen LogP contribution in [-0.2, 0) is 4.79 Å². The van der Waals surface area contributed by atoms with Crippen LogP contribution in [0.4, 0.5) is 22.0 Å². The molecular weight excluding hydrogens is 287 g/mol. The highest BCUT2D eigenvalue weighted by Crippen LogP contribution is 2.53. The van der Waals surface area contributed by atoms with Crippen molar-refractivity contribution < 1.29 is 31.9 Å². The van der Waals surface area contributed by atoms with Crippen molar-refractivity contribution in [2.75, 3.05) is 6.54 Å². The van der Waals surface area contributed by atoms with E-state index in [9.17, 15) is 26.7 Å². The number of hydrogen-bond acceptors (Lipinski definition) is 3. The van der Waals surface area contributed by atoms with E-state index in [-0.39, 0.29) is 0 Å². The van der Waals surface area contributed by atoms with Crippen molar-refractivity contribution in [3.05, 3.63) is 23.4 Å². The van der Waals surface area contributed by atoms with Gasteiger partial charge < -0.3 is 10.8 Å². The van der Waals surface area contributed by atoms with Crippen molar-refractivity contribution in [3.8, 4) is 0 Å². The quantitative estimate of drug-likeness (QED) is 0.602. The second-order valence-corrected chi connectivity index (χ2v) is 4.44. The minimum Gasteiger partial charge on any atom is -0.480 e. The van der Waals surface area contributed by atoms with Gasteiger partial charge in [-0.15, -0.1) is 0 Å². The number of aliphatic imine (C=N–C) groups is 1. The lowest BCUT2D eigenvalue weighted by atomic mass is 9.82. The van der Waals surface area contributed by atoms with Crippen molar-refractivity contribution in [2.24, 2.45) is 22.6 Å². The first-order valence-corrected chi connectivity index (χ1v) is 5.47. The van der Waals surface area contributed by atoms with Crippen LogP contribution in [0.3, 0.4) is 0 Å². The molecule has 9 heteroatoms. The fourth-order valence-corrected chi connectivity index (χ4v) is 2.25. The average molecular weight is 296 g/mol. The zero-order valence-electron chi connectivity index (χ0n) is 9.79. The summed E-state index contributed by atoms with van der Waals surface area (Å²) in [5, 5.41) is 8.44. The molecule has 0 amide bonds. The standard InChI is InChI=1S/C11H9F5N2O2/c12-10(13)5-2-1-4(5)7(8(17)11(14,15)16)9(10)18-3-6(19)20/h1-2,4-5H,3,17H2,(H,19,20)/t4-,5+/m0/s1. The first-order chi connectivity index (χ1) is 9.06. The summed E-state index contributed by atoms with van der Waals surface area (Å²) in [5.41, 5.74) is 1.26. The lowest BCUT2D eigenvalue weighted by Crippen LogP contribution is -2.33. The SMILES string of the molecule is NC(=C1C(=NCC(=O)O)C(F)(F)[C@@H]2C=C[C@H]12)C(F)(F)F. The molecule has 4 nitrogen and oxygen atoms in total. The van der Waals surface area contributed by atoms with Gasteiger partial charge in [0.2, 0.25) is 0 Å². The second kappa shape index (κ2) is 4.29. The molecule has 0 heterocycles. The molecule has 0 spiro atoms. The molecule has 0 saturated heterocycles. The lowest BCUT2D eigenvalue weighted by Gasteiger charge is -2.25. The summed E-state index contributed by atoms with van der Waals surface area (Å²) in [6.07, 6.45) is -2.73. The topological polar surface area (TPSA) is 75.7 Å². The Morgan fingerprint density at radius 1 is 1.40 bits per heavy atom. The van der Waals surface area contributed by atoms with E-state index in [1.807, 2.05) is 0 Å². The van der Waals surface area contributed by atoms with Gasteiger partial charge in [-0.1, -0.05) is 12.2 Å². The van der Waals surface area contributed by atoms with E-state index in [2.05, 4.69) is 4.99 Å². The second-order valence-electron chi connectivity index (χ2n) is 4.44. The van der Waals surface area contributed by atoms with E-state index < -0.39 is 53.4 Å². The molecule has 2 aliphatic carbocycles. The van der Waals surface area contributed by atoms with Crippen molar-refractivity contribution >= 4 is 11.7 Å². The van der Waals surface area contributed by atoms with Gasteiger partial charge in [-0.3, -0.25) is 9.79 Å². The molecule has 1 saturated carbocycles. The number of halogens is 5. The minimum absolute atomic E-state index is 0.823. The Hall–Kier alpha value is -1.93. The Morgan fingerprint density at radius 2 is 2.00 bits per heavy atom. The molecule has 2 rings (SSSR count). The maximum atomic E-state index is 13.9. The third-order valence-electron chi connectivity index (χ3n) is 3.20. The predicted octanol–water partition coefficient (Wildman–Crippen LogP) is 1.74. The summed E-state index contributed by atoms with van der Waals surface area (Å²) >= 11 is 0. The van der Waals surface area contributed by atoms with E-state index in [4.69, 9.17) is 10.8 Å². The van der Waals surface area contributed by atoms with Crippen LogP contribution in [0.15, 0.2) is 28.4 Å². The first-order valence-electron chi connectivity index (χ1n) is 5.47. The van der Waals surface area contributed by atoms with Crippen molar-refractivity contribution in [3.63, 3.8) is 0 Å². The van der Waals surface area contributed by atoms with E-state index >= 15 is 0 Å². The Morgan fingerprint density at radius 3 is 2.40 bits per heavy atom. The Kier molecular flexibility index (Phi) is 3.10. The van der Waals surface area contributed by atoms with Gasteiger partial charge in [-0.25, -0.2) is 0 Å². The number of allylic oxidation sites excluding steroid dienone is 4. The van der Waals surface area contributed by atoms with E-state index in [0.717, 1.165) is 6.08 Å². The number of fused-ring (bicyclic) bond motifs is 1. The number of carbonyl (C=O) groups is 1. The fourth-order valence-electron chi connectivity index (χ4n) is 2.25. The fraction of sp³-hybridized carbons (Fsp3) is 0.455. The number of nitrogens with two attached hydrogens (primary N) is 1. The van der Waals surface area contributed by atoms with Gasteiger partial charge in [-0.05, 0) is 0 Å². The minimum atomic E-state index is -4.98. The molecule has 0 aromatic heterocycles. The molecule has 2 aliphatic rings. The van der Waals surface area contributed by atoms with Crippen LogP contribution in [0.25, 0.3) is 0 Å². The van der Waals surface area contributed by atoms with Gasteiger partial charge in [0, 0.05) is 11.5 Å². The van der Waals surface area contributed by atoms with E-state index in [0.29, 0.717) is 0 Å². The van der Waals surface area contributed by atoms with Crippen LogP contribution in [0.2, 0.25) is 0 Å². The molecule has 0 bridgehead atoms.